The molecule has 0 aromatic heterocycles. The lowest BCUT2D eigenvalue weighted by Gasteiger charge is -2.14. The standard InChI is InChI=1S/C13H6Cl3F3/c14-8-2-3-9(10(6-8)13(17,18)19)7-1-4-11(15)12(16)5-7/h1-6H. The van der Waals surface area contributed by atoms with E-state index in [1.54, 1.807) is 0 Å². The van der Waals surface area contributed by atoms with Gasteiger partial charge in [0.05, 0.1) is 15.6 Å². The maximum absolute atomic E-state index is 13.0. The molecule has 0 aliphatic carbocycles. The maximum Gasteiger partial charge on any atom is 0.417 e. The van der Waals surface area contributed by atoms with Crippen LogP contribution in [0.1, 0.15) is 5.56 Å². The largest absolute Gasteiger partial charge is 0.417 e. The molecule has 0 radical (unpaired) electrons. The molecule has 0 atom stereocenters. The van der Waals surface area contributed by atoms with Gasteiger partial charge < -0.3 is 0 Å². The van der Waals surface area contributed by atoms with E-state index in [9.17, 15) is 13.2 Å². The first kappa shape index (κ1) is 14.5. The Morgan fingerprint density at radius 3 is 2.05 bits per heavy atom. The highest BCUT2D eigenvalue weighted by Gasteiger charge is 2.34. The van der Waals surface area contributed by atoms with Gasteiger partial charge in [-0.25, -0.2) is 0 Å². The van der Waals surface area contributed by atoms with E-state index in [2.05, 4.69) is 0 Å². The number of hydrogen-bond donors (Lipinski definition) is 0. The van der Waals surface area contributed by atoms with Gasteiger partial charge in [-0.05, 0) is 35.4 Å². The third-order valence-corrected chi connectivity index (χ3v) is 3.49. The predicted molar refractivity (Wildman–Crippen MR) is 71.9 cm³/mol. The number of hydrogen-bond acceptors (Lipinski definition) is 0. The number of rotatable bonds is 1. The molecular formula is C13H6Cl3F3. The molecule has 0 N–H and O–H groups in total. The second kappa shape index (κ2) is 5.23. The minimum atomic E-state index is -4.49. The van der Waals surface area contributed by atoms with Crippen LogP contribution in [0.3, 0.4) is 0 Å². The third kappa shape index (κ3) is 3.16. The van der Waals surface area contributed by atoms with E-state index in [0.717, 1.165) is 6.07 Å². The van der Waals surface area contributed by atoms with E-state index in [4.69, 9.17) is 34.8 Å². The molecule has 2 aromatic carbocycles. The van der Waals surface area contributed by atoms with Gasteiger partial charge in [-0.2, -0.15) is 13.2 Å². The Balaban J connectivity index is 2.65. The fourth-order valence-electron chi connectivity index (χ4n) is 1.67. The molecule has 0 bridgehead atoms. The van der Waals surface area contributed by atoms with Crippen molar-refractivity contribution in [2.45, 2.75) is 6.18 Å². The van der Waals surface area contributed by atoms with Crippen LogP contribution in [-0.4, -0.2) is 0 Å². The summed E-state index contributed by atoms with van der Waals surface area (Å²) in [5, 5.41) is 0.506. The zero-order valence-corrected chi connectivity index (χ0v) is 11.5. The molecule has 0 aliphatic rings. The molecule has 0 saturated heterocycles. The summed E-state index contributed by atoms with van der Waals surface area (Å²) in [5.74, 6) is 0. The quantitative estimate of drug-likeness (QED) is 0.574. The van der Waals surface area contributed by atoms with Crippen molar-refractivity contribution in [1.82, 2.24) is 0 Å². The van der Waals surface area contributed by atoms with Gasteiger partial charge in [-0.1, -0.05) is 46.9 Å². The van der Waals surface area contributed by atoms with E-state index in [1.807, 2.05) is 0 Å². The van der Waals surface area contributed by atoms with Gasteiger partial charge in [0, 0.05) is 5.02 Å². The van der Waals surface area contributed by atoms with Gasteiger partial charge in [0.1, 0.15) is 0 Å². The second-order valence-corrected chi connectivity index (χ2v) is 5.07. The Hall–Kier alpha value is -0.900. The summed E-state index contributed by atoms with van der Waals surface area (Å²) in [5.41, 5.74) is -0.466. The van der Waals surface area contributed by atoms with Crippen molar-refractivity contribution >= 4 is 34.8 Å². The molecule has 0 fully saturated rings. The Morgan fingerprint density at radius 2 is 1.47 bits per heavy atom. The first-order chi connectivity index (χ1) is 8.79. The zero-order valence-electron chi connectivity index (χ0n) is 9.23. The van der Waals surface area contributed by atoms with Crippen molar-refractivity contribution < 1.29 is 13.2 Å². The fraction of sp³-hybridized carbons (Fsp3) is 0.0769. The molecule has 2 aromatic rings. The van der Waals surface area contributed by atoms with Crippen molar-refractivity contribution in [1.29, 1.82) is 0 Å². The lowest BCUT2D eigenvalue weighted by Crippen LogP contribution is -2.07. The van der Waals surface area contributed by atoms with Crippen molar-refractivity contribution in [3.05, 3.63) is 57.0 Å². The van der Waals surface area contributed by atoms with E-state index >= 15 is 0 Å². The van der Waals surface area contributed by atoms with Crippen molar-refractivity contribution in [3.63, 3.8) is 0 Å². The average molecular weight is 326 g/mol. The summed E-state index contributed by atoms with van der Waals surface area (Å²) in [7, 11) is 0. The lowest BCUT2D eigenvalue weighted by molar-refractivity contribution is -0.137. The Bertz CT molecular complexity index is 621. The minimum Gasteiger partial charge on any atom is -0.166 e. The Morgan fingerprint density at radius 1 is 0.789 bits per heavy atom. The SMILES string of the molecule is FC(F)(F)c1cc(Cl)ccc1-c1ccc(Cl)c(Cl)c1. The summed E-state index contributed by atoms with van der Waals surface area (Å²) in [6.07, 6.45) is -4.49. The molecule has 0 aliphatic heterocycles. The minimum absolute atomic E-state index is 0.00969. The molecule has 0 nitrogen and oxygen atoms in total. The van der Waals surface area contributed by atoms with Gasteiger partial charge in [-0.15, -0.1) is 0 Å². The molecule has 0 amide bonds. The number of halogens is 6. The van der Waals surface area contributed by atoms with Crippen LogP contribution in [-0.2, 0) is 6.18 Å². The molecule has 0 unspecified atom stereocenters. The van der Waals surface area contributed by atoms with E-state index in [1.165, 1.54) is 30.3 Å². The number of benzene rings is 2. The van der Waals surface area contributed by atoms with Crippen molar-refractivity contribution in [3.8, 4) is 11.1 Å². The van der Waals surface area contributed by atoms with E-state index < -0.39 is 11.7 Å². The zero-order chi connectivity index (χ0) is 14.2. The van der Waals surface area contributed by atoms with E-state index in [0.29, 0.717) is 5.56 Å². The van der Waals surface area contributed by atoms with Gasteiger partial charge in [0.25, 0.3) is 0 Å². The summed E-state index contributed by atoms with van der Waals surface area (Å²) in [6, 6.07) is 7.92. The molecule has 0 heterocycles. The molecule has 6 heteroatoms. The topological polar surface area (TPSA) is 0 Å². The predicted octanol–water partition coefficient (Wildman–Crippen LogP) is 6.33. The smallest absolute Gasteiger partial charge is 0.166 e. The van der Waals surface area contributed by atoms with Crippen LogP contribution in [0, 0.1) is 0 Å². The monoisotopic (exact) mass is 324 g/mol. The molecule has 2 rings (SSSR count). The van der Waals surface area contributed by atoms with Gasteiger partial charge in [-0.3, -0.25) is 0 Å². The first-order valence-corrected chi connectivity index (χ1v) is 6.24. The maximum atomic E-state index is 13.0. The summed E-state index contributed by atoms with van der Waals surface area (Å²) in [6.45, 7) is 0. The summed E-state index contributed by atoms with van der Waals surface area (Å²) in [4.78, 5) is 0. The van der Waals surface area contributed by atoms with Crippen LogP contribution < -0.4 is 0 Å². The lowest BCUT2D eigenvalue weighted by atomic mass is 9.99. The van der Waals surface area contributed by atoms with E-state index in [-0.39, 0.29) is 20.6 Å². The molecular weight excluding hydrogens is 319 g/mol. The molecule has 0 spiro atoms. The normalized spacial score (nSPS) is 11.7. The van der Waals surface area contributed by atoms with Crippen LogP contribution in [0.2, 0.25) is 15.1 Å². The third-order valence-electron chi connectivity index (χ3n) is 2.52. The Labute approximate surface area is 122 Å². The second-order valence-electron chi connectivity index (χ2n) is 3.82. The highest BCUT2D eigenvalue weighted by molar-refractivity contribution is 6.42. The van der Waals surface area contributed by atoms with Crippen molar-refractivity contribution in [2.24, 2.45) is 0 Å². The molecule has 19 heavy (non-hydrogen) atoms. The molecule has 0 saturated carbocycles. The highest BCUT2D eigenvalue weighted by Crippen LogP contribution is 2.39. The fourth-order valence-corrected chi connectivity index (χ4v) is 2.14. The van der Waals surface area contributed by atoms with Crippen LogP contribution in [0.4, 0.5) is 13.2 Å². The average Bonchev–Trinajstić information content (AvgIpc) is 2.32. The van der Waals surface area contributed by atoms with Gasteiger partial charge >= 0.3 is 6.18 Å². The summed E-state index contributed by atoms with van der Waals surface area (Å²) < 4.78 is 38.9. The van der Waals surface area contributed by atoms with Gasteiger partial charge in [0.15, 0.2) is 0 Å². The highest BCUT2D eigenvalue weighted by atomic mass is 35.5. The molecule has 100 valence electrons. The van der Waals surface area contributed by atoms with Gasteiger partial charge in [0.2, 0.25) is 0 Å². The van der Waals surface area contributed by atoms with Crippen LogP contribution in [0.15, 0.2) is 36.4 Å². The number of alkyl halides is 3. The van der Waals surface area contributed by atoms with Crippen LogP contribution >= 0.6 is 34.8 Å². The Kier molecular flexibility index (Phi) is 4.00. The van der Waals surface area contributed by atoms with Crippen LogP contribution in [0.25, 0.3) is 11.1 Å². The van der Waals surface area contributed by atoms with Crippen LogP contribution in [0.5, 0.6) is 0 Å². The summed E-state index contributed by atoms with van der Waals surface area (Å²) >= 11 is 17.2. The first-order valence-electron chi connectivity index (χ1n) is 5.11. The van der Waals surface area contributed by atoms with Crippen molar-refractivity contribution in [2.75, 3.05) is 0 Å².